The fraction of sp³-hybridized carbons (Fsp3) is 0.318. The minimum atomic E-state index is -3.16. The van der Waals surface area contributed by atoms with Crippen molar-refractivity contribution in [3.8, 4) is 22.0 Å². The first-order valence-corrected chi connectivity index (χ1v) is 14.7. The molecular weight excluding hydrogens is 566 g/mol. The maximum atomic E-state index is 13.2. The molecule has 1 fully saturated rings. The van der Waals surface area contributed by atoms with Gasteiger partial charge >= 0.3 is 0 Å². The quantitative estimate of drug-likeness (QED) is 0.161. The molecule has 4 N–H and O–H groups in total. The third-order valence-corrected chi connectivity index (χ3v) is 9.72. The molecule has 3 heterocycles. The predicted octanol–water partition coefficient (Wildman–Crippen LogP) is 4.90. The highest BCUT2D eigenvalue weighted by molar-refractivity contribution is 7.97. The first kappa shape index (κ1) is 26.4. The zero-order valence-corrected chi connectivity index (χ0v) is 22.4. The Kier molecular flexibility index (Phi) is 7.02. The number of aromatic nitrogens is 4. The van der Waals surface area contributed by atoms with Crippen molar-refractivity contribution in [2.24, 2.45) is 0 Å². The molecule has 1 unspecified atom stereocenters. The van der Waals surface area contributed by atoms with Crippen LogP contribution in [0.2, 0.25) is 5.15 Å². The molecule has 4 aromatic rings. The molecule has 0 spiro atoms. The second-order valence-corrected chi connectivity index (χ2v) is 13.1. The summed E-state index contributed by atoms with van der Waals surface area (Å²) in [6, 6.07) is 6.81. The van der Waals surface area contributed by atoms with Gasteiger partial charge in [0.1, 0.15) is 5.72 Å². The van der Waals surface area contributed by atoms with E-state index in [0.29, 0.717) is 39.3 Å². The minimum absolute atomic E-state index is 0.122. The number of hydrogen-bond acceptors (Lipinski definition) is 10. The molecular formula is C22H21ClF2N6O3S3. The number of rotatable bonds is 9. The van der Waals surface area contributed by atoms with Crippen molar-refractivity contribution in [3.63, 3.8) is 0 Å². The summed E-state index contributed by atoms with van der Waals surface area (Å²) in [5.74, 6) is 0.0708. The molecule has 0 aliphatic heterocycles. The van der Waals surface area contributed by atoms with Gasteiger partial charge in [0.15, 0.2) is 21.0 Å². The monoisotopic (exact) mass is 586 g/mol. The molecule has 0 saturated heterocycles. The van der Waals surface area contributed by atoms with E-state index in [0.717, 1.165) is 16.9 Å². The van der Waals surface area contributed by atoms with Crippen molar-refractivity contribution < 1.29 is 23.2 Å². The highest BCUT2D eigenvalue weighted by atomic mass is 35.5. The average Bonchev–Trinajstić information content (AvgIpc) is 3.24. The minimum Gasteiger partial charge on any atom is -0.395 e. The highest BCUT2D eigenvalue weighted by Gasteiger charge is 2.40. The van der Waals surface area contributed by atoms with Crippen LogP contribution < -0.4 is 4.72 Å². The lowest BCUT2D eigenvalue weighted by Gasteiger charge is -2.15. The van der Waals surface area contributed by atoms with Crippen molar-refractivity contribution in [3.05, 3.63) is 46.2 Å². The number of alkyl halides is 2. The number of nitrogens with one attached hydrogen (secondary N) is 2. The van der Waals surface area contributed by atoms with Crippen LogP contribution in [0, 0.1) is 11.7 Å². The van der Waals surface area contributed by atoms with E-state index in [1.54, 1.807) is 35.7 Å². The third kappa shape index (κ3) is 5.24. The molecule has 5 rings (SSSR count). The summed E-state index contributed by atoms with van der Waals surface area (Å²) >= 11 is 8.50. The largest absolute Gasteiger partial charge is 0.395 e. The topological polar surface area (TPSA) is 136 Å². The molecule has 196 valence electrons. The Morgan fingerprint density at radius 1 is 1.32 bits per heavy atom. The maximum absolute atomic E-state index is 13.2. The molecule has 37 heavy (non-hydrogen) atoms. The lowest BCUT2D eigenvalue weighted by atomic mass is 10.0. The zero-order valence-electron chi connectivity index (χ0n) is 19.2. The Morgan fingerprint density at radius 2 is 2.08 bits per heavy atom. The molecule has 1 atom stereocenters. The van der Waals surface area contributed by atoms with Crippen LogP contribution in [0.1, 0.15) is 29.8 Å². The second kappa shape index (κ2) is 9.84. The van der Waals surface area contributed by atoms with E-state index < -0.39 is 26.9 Å². The molecule has 0 radical (unpaired) electrons. The van der Waals surface area contributed by atoms with Crippen molar-refractivity contribution in [2.75, 3.05) is 12.4 Å². The number of aliphatic hydroxyl groups is 2. The lowest BCUT2D eigenvalue weighted by molar-refractivity contribution is 0.142. The van der Waals surface area contributed by atoms with Crippen molar-refractivity contribution in [2.45, 2.75) is 41.7 Å². The molecule has 9 nitrogen and oxygen atoms in total. The van der Waals surface area contributed by atoms with Gasteiger partial charge in [0.05, 0.1) is 27.6 Å². The van der Waals surface area contributed by atoms with Crippen molar-refractivity contribution >= 4 is 50.1 Å². The van der Waals surface area contributed by atoms with E-state index >= 15 is 0 Å². The average molecular weight is 587 g/mol. The van der Waals surface area contributed by atoms with Crippen LogP contribution >= 0.6 is 34.9 Å². The molecule has 1 saturated carbocycles. The maximum Gasteiger partial charge on any atom is 0.291 e. The van der Waals surface area contributed by atoms with Crippen LogP contribution in [0.5, 0.6) is 0 Å². The predicted molar refractivity (Wildman–Crippen MR) is 138 cm³/mol. The standard InChI is InChI=1S/C22H21ClF2N6O3S3/c1-11-8-13(37(26,34)7-6-32)2-3-14(11)15-9-12(36-30-22(33)4-5-22)10-31-16(15)17(23)27-19(31)21-29-28-20(35-21)18(24)25/h2-3,8-10,18,26,30,32-33H,4-7H2,1H3. The number of imidazole rings is 1. The van der Waals surface area contributed by atoms with Gasteiger partial charge in [-0.15, -0.1) is 10.2 Å². The summed E-state index contributed by atoms with van der Waals surface area (Å²) in [5, 5.41) is 26.7. The number of nitrogens with zero attached hydrogens (tertiary/aromatic N) is 4. The van der Waals surface area contributed by atoms with Crippen molar-refractivity contribution in [1.29, 1.82) is 4.78 Å². The van der Waals surface area contributed by atoms with E-state index in [4.69, 9.17) is 16.4 Å². The Balaban J connectivity index is 1.68. The highest BCUT2D eigenvalue weighted by Crippen LogP contribution is 2.41. The van der Waals surface area contributed by atoms with Gasteiger partial charge in [-0.2, -0.15) is 0 Å². The number of pyridine rings is 1. The van der Waals surface area contributed by atoms with E-state index in [-0.39, 0.29) is 28.3 Å². The number of hydrogen-bond donors (Lipinski definition) is 4. The molecule has 1 aliphatic carbocycles. The van der Waals surface area contributed by atoms with Gasteiger partial charge in [-0.25, -0.2) is 27.5 Å². The van der Waals surface area contributed by atoms with Crippen LogP contribution in [0.3, 0.4) is 0 Å². The fourth-order valence-electron chi connectivity index (χ4n) is 3.74. The zero-order chi connectivity index (χ0) is 26.5. The molecule has 0 amide bonds. The number of aliphatic hydroxyl groups excluding tert-OH is 1. The summed E-state index contributed by atoms with van der Waals surface area (Å²) in [6.45, 7) is 1.44. The number of halogens is 3. The second-order valence-electron chi connectivity index (χ2n) is 8.60. The normalized spacial score (nSPS) is 16.4. The van der Waals surface area contributed by atoms with E-state index in [9.17, 15) is 23.2 Å². The summed E-state index contributed by atoms with van der Waals surface area (Å²) < 4.78 is 51.8. The molecule has 1 aliphatic rings. The Labute approximate surface area is 224 Å². The first-order chi connectivity index (χ1) is 17.5. The van der Waals surface area contributed by atoms with Gasteiger partial charge in [-0.1, -0.05) is 29.0 Å². The molecule has 15 heteroatoms. The SMILES string of the molecule is Cc1cc(S(=N)(=O)CCO)ccc1-c1cc(SNC2(O)CC2)cn2c(-c3nnc(C(F)F)s3)nc(Cl)c12. The van der Waals surface area contributed by atoms with Gasteiger partial charge in [0.25, 0.3) is 6.43 Å². The Bertz CT molecular complexity index is 1600. The number of fused-ring (bicyclic) bond motifs is 1. The van der Waals surface area contributed by atoms with Gasteiger partial charge < -0.3 is 10.2 Å². The van der Waals surface area contributed by atoms with Crippen molar-refractivity contribution in [1.82, 2.24) is 24.3 Å². The van der Waals surface area contributed by atoms with E-state index in [1.165, 1.54) is 11.9 Å². The summed E-state index contributed by atoms with van der Waals surface area (Å²) in [4.78, 5) is 5.39. The van der Waals surface area contributed by atoms with Crippen LogP contribution in [-0.4, -0.2) is 52.1 Å². The summed E-state index contributed by atoms with van der Waals surface area (Å²) in [6.07, 6.45) is 0.206. The van der Waals surface area contributed by atoms with Gasteiger partial charge in [-0.3, -0.25) is 4.40 Å². The summed E-state index contributed by atoms with van der Waals surface area (Å²) in [7, 11) is -3.16. The van der Waals surface area contributed by atoms with Gasteiger partial charge in [0.2, 0.25) is 0 Å². The smallest absolute Gasteiger partial charge is 0.291 e. The Morgan fingerprint density at radius 3 is 2.70 bits per heavy atom. The molecule has 0 bridgehead atoms. The van der Waals surface area contributed by atoms with Crippen LogP contribution in [0.15, 0.2) is 40.3 Å². The first-order valence-electron chi connectivity index (χ1n) is 11.0. The number of benzene rings is 1. The Hall–Kier alpha value is -2.20. The van der Waals surface area contributed by atoms with Gasteiger partial charge in [0, 0.05) is 21.6 Å². The summed E-state index contributed by atoms with van der Waals surface area (Å²) in [5.41, 5.74) is 1.64. The molecule has 3 aromatic heterocycles. The van der Waals surface area contributed by atoms with E-state index in [1.807, 2.05) is 6.07 Å². The fourth-order valence-corrected chi connectivity index (χ4v) is 6.69. The van der Waals surface area contributed by atoms with E-state index in [2.05, 4.69) is 19.9 Å². The molecule has 1 aromatic carbocycles. The van der Waals surface area contributed by atoms with Crippen LogP contribution in [0.25, 0.3) is 27.5 Å². The van der Waals surface area contributed by atoms with Gasteiger partial charge in [-0.05, 0) is 61.0 Å². The lowest BCUT2D eigenvalue weighted by Crippen LogP contribution is -2.23. The van der Waals surface area contributed by atoms with Crippen LogP contribution in [0.4, 0.5) is 8.78 Å². The number of aryl methyl sites for hydroxylation is 1. The third-order valence-electron chi connectivity index (χ3n) is 5.82. The van der Waals surface area contributed by atoms with Crippen LogP contribution in [-0.2, 0) is 9.73 Å².